The van der Waals surface area contributed by atoms with Gasteiger partial charge in [-0.3, -0.25) is 0 Å². The molecule has 2 atom stereocenters. The van der Waals surface area contributed by atoms with Crippen molar-refractivity contribution >= 4 is 23.2 Å². The average Bonchev–Trinajstić information content (AvgIpc) is 2.90. The van der Waals surface area contributed by atoms with Crippen LogP contribution in [-0.4, -0.2) is 26.3 Å². The van der Waals surface area contributed by atoms with Gasteiger partial charge in [0.2, 0.25) is 0 Å². The molecule has 1 fully saturated rings. The van der Waals surface area contributed by atoms with Crippen molar-refractivity contribution in [2.45, 2.75) is 44.1 Å². The standard InChI is InChI=1S/C16H23Cl2NO/c1-20-10-3-2-9-19-16-6-4-5-13(16)12-7-8-14(17)15(18)11-12/h7-8,11,13,16,19H,2-6,9-10H2,1H3. The molecule has 0 heterocycles. The first kappa shape index (κ1) is 16.1. The molecule has 0 radical (unpaired) electrons. The molecule has 112 valence electrons. The van der Waals surface area contributed by atoms with Crippen LogP contribution >= 0.6 is 23.2 Å². The third kappa shape index (κ3) is 4.36. The zero-order valence-corrected chi connectivity index (χ0v) is 13.5. The van der Waals surface area contributed by atoms with E-state index in [9.17, 15) is 0 Å². The number of unbranched alkanes of at least 4 members (excludes halogenated alkanes) is 1. The van der Waals surface area contributed by atoms with E-state index in [4.69, 9.17) is 27.9 Å². The molecule has 1 aliphatic carbocycles. The van der Waals surface area contributed by atoms with Crippen LogP contribution < -0.4 is 5.32 Å². The SMILES string of the molecule is COCCCCNC1CCCC1c1ccc(Cl)c(Cl)c1. The third-order valence-electron chi connectivity index (χ3n) is 4.07. The fraction of sp³-hybridized carbons (Fsp3) is 0.625. The van der Waals surface area contributed by atoms with E-state index in [2.05, 4.69) is 11.4 Å². The molecule has 0 amide bonds. The Bertz CT molecular complexity index is 425. The monoisotopic (exact) mass is 315 g/mol. The van der Waals surface area contributed by atoms with Gasteiger partial charge in [0.05, 0.1) is 10.0 Å². The molecule has 0 spiro atoms. The number of hydrogen-bond acceptors (Lipinski definition) is 2. The van der Waals surface area contributed by atoms with Crippen LogP contribution in [0.2, 0.25) is 10.0 Å². The molecule has 0 saturated heterocycles. The lowest BCUT2D eigenvalue weighted by Crippen LogP contribution is -2.32. The molecule has 0 aliphatic heterocycles. The molecule has 1 aromatic rings. The smallest absolute Gasteiger partial charge is 0.0595 e. The largest absolute Gasteiger partial charge is 0.385 e. The van der Waals surface area contributed by atoms with Gasteiger partial charge in [-0.2, -0.15) is 0 Å². The second-order valence-corrected chi connectivity index (χ2v) is 6.29. The molecule has 20 heavy (non-hydrogen) atoms. The number of ether oxygens (including phenoxy) is 1. The quantitative estimate of drug-likeness (QED) is 0.740. The molecule has 0 bridgehead atoms. The Kier molecular flexibility index (Phi) is 6.63. The zero-order valence-electron chi connectivity index (χ0n) is 12.0. The van der Waals surface area contributed by atoms with Crippen molar-refractivity contribution in [3.63, 3.8) is 0 Å². The lowest BCUT2D eigenvalue weighted by molar-refractivity contribution is 0.192. The summed E-state index contributed by atoms with van der Waals surface area (Å²) in [5, 5.41) is 4.99. The number of halogens is 2. The van der Waals surface area contributed by atoms with Crippen LogP contribution in [0, 0.1) is 0 Å². The highest BCUT2D eigenvalue weighted by atomic mass is 35.5. The third-order valence-corrected chi connectivity index (χ3v) is 4.81. The highest BCUT2D eigenvalue weighted by Crippen LogP contribution is 2.36. The van der Waals surface area contributed by atoms with Gasteiger partial charge in [-0.15, -0.1) is 0 Å². The van der Waals surface area contributed by atoms with E-state index in [0.29, 0.717) is 22.0 Å². The van der Waals surface area contributed by atoms with Crippen LogP contribution in [0.25, 0.3) is 0 Å². The number of hydrogen-bond donors (Lipinski definition) is 1. The second kappa shape index (κ2) is 8.23. The zero-order chi connectivity index (χ0) is 14.4. The van der Waals surface area contributed by atoms with Gasteiger partial charge in [0.25, 0.3) is 0 Å². The van der Waals surface area contributed by atoms with Gasteiger partial charge in [0, 0.05) is 19.8 Å². The van der Waals surface area contributed by atoms with Crippen molar-refractivity contribution in [2.24, 2.45) is 0 Å². The fourth-order valence-corrected chi connectivity index (χ4v) is 3.31. The first-order valence-corrected chi connectivity index (χ1v) is 8.15. The minimum absolute atomic E-state index is 0.562. The Morgan fingerprint density at radius 1 is 1.20 bits per heavy atom. The van der Waals surface area contributed by atoms with Crippen LogP contribution in [0.5, 0.6) is 0 Å². The van der Waals surface area contributed by atoms with E-state index in [1.165, 1.54) is 31.2 Å². The van der Waals surface area contributed by atoms with Gasteiger partial charge in [-0.25, -0.2) is 0 Å². The van der Waals surface area contributed by atoms with Crippen molar-refractivity contribution in [3.8, 4) is 0 Å². The van der Waals surface area contributed by atoms with E-state index in [0.717, 1.165) is 19.6 Å². The number of nitrogens with one attached hydrogen (secondary N) is 1. The molecule has 1 aliphatic rings. The van der Waals surface area contributed by atoms with Gasteiger partial charge in [-0.1, -0.05) is 35.7 Å². The van der Waals surface area contributed by atoms with Crippen molar-refractivity contribution in [1.82, 2.24) is 5.32 Å². The summed E-state index contributed by atoms with van der Waals surface area (Å²) in [6.45, 7) is 1.91. The van der Waals surface area contributed by atoms with Crippen LogP contribution in [-0.2, 0) is 4.74 Å². The van der Waals surface area contributed by atoms with Crippen LogP contribution in [0.3, 0.4) is 0 Å². The molecule has 1 saturated carbocycles. The van der Waals surface area contributed by atoms with E-state index < -0.39 is 0 Å². The van der Waals surface area contributed by atoms with Gasteiger partial charge in [0.1, 0.15) is 0 Å². The summed E-state index contributed by atoms with van der Waals surface area (Å²) in [4.78, 5) is 0. The Balaban J connectivity index is 1.88. The van der Waals surface area contributed by atoms with Gasteiger partial charge < -0.3 is 10.1 Å². The van der Waals surface area contributed by atoms with E-state index in [-0.39, 0.29) is 0 Å². The van der Waals surface area contributed by atoms with Crippen molar-refractivity contribution in [2.75, 3.05) is 20.3 Å². The topological polar surface area (TPSA) is 21.3 Å². The summed E-state index contributed by atoms with van der Waals surface area (Å²) >= 11 is 12.1. The number of methoxy groups -OCH3 is 1. The van der Waals surface area contributed by atoms with E-state index in [1.807, 2.05) is 12.1 Å². The predicted octanol–water partition coefficient (Wildman–Crippen LogP) is 4.65. The van der Waals surface area contributed by atoms with Crippen LogP contribution in [0.1, 0.15) is 43.6 Å². The minimum Gasteiger partial charge on any atom is -0.385 e. The van der Waals surface area contributed by atoms with Crippen molar-refractivity contribution in [3.05, 3.63) is 33.8 Å². The highest BCUT2D eigenvalue weighted by Gasteiger charge is 2.28. The number of benzene rings is 1. The maximum absolute atomic E-state index is 6.14. The summed E-state index contributed by atoms with van der Waals surface area (Å²) < 4.78 is 5.07. The number of rotatable bonds is 7. The summed E-state index contributed by atoms with van der Waals surface area (Å²) in [5.74, 6) is 0.562. The summed E-state index contributed by atoms with van der Waals surface area (Å²) in [7, 11) is 1.75. The summed E-state index contributed by atoms with van der Waals surface area (Å²) in [5.41, 5.74) is 1.31. The minimum atomic E-state index is 0.562. The normalized spacial score (nSPS) is 22.4. The maximum Gasteiger partial charge on any atom is 0.0595 e. The molecule has 2 nitrogen and oxygen atoms in total. The molecule has 4 heteroatoms. The van der Waals surface area contributed by atoms with E-state index >= 15 is 0 Å². The lowest BCUT2D eigenvalue weighted by atomic mass is 9.94. The Morgan fingerprint density at radius 3 is 2.80 bits per heavy atom. The molecule has 0 aromatic heterocycles. The maximum atomic E-state index is 6.14. The van der Waals surface area contributed by atoms with Crippen LogP contribution in [0.15, 0.2) is 18.2 Å². The first-order chi connectivity index (χ1) is 9.72. The summed E-state index contributed by atoms with van der Waals surface area (Å²) in [6, 6.07) is 6.62. The molecular weight excluding hydrogens is 293 g/mol. The first-order valence-electron chi connectivity index (χ1n) is 7.39. The highest BCUT2D eigenvalue weighted by molar-refractivity contribution is 6.42. The van der Waals surface area contributed by atoms with Gasteiger partial charge >= 0.3 is 0 Å². The molecular formula is C16H23Cl2NO. The van der Waals surface area contributed by atoms with Crippen molar-refractivity contribution < 1.29 is 4.74 Å². The molecule has 2 rings (SSSR count). The molecule has 2 unspecified atom stereocenters. The van der Waals surface area contributed by atoms with Gasteiger partial charge in [-0.05, 0) is 55.8 Å². The molecule has 1 aromatic carbocycles. The lowest BCUT2D eigenvalue weighted by Gasteiger charge is -2.22. The van der Waals surface area contributed by atoms with Crippen LogP contribution in [0.4, 0.5) is 0 Å². The fourth-order valence-electron chi connectivity index (χ4n) is 3.01. The summed E-state index contributed by atoms with van der Waals surface area (Å²) in [6.07, 6.45) is 6.04. The Labute approximate surface area is 131 Å². The Hall–Kier alpha value is -0.280. The predicted molar refractivity (Wildman–Crippen MR) is 86.0 cm³/mol. The van der Waals surface area contributed by atoms with Gasteiger partial charge in [0.15, 0.2) is 0 Å². The van der Waals surface area contributed by atoms with Crippen molar-refractivity contribution in [1.29, 1.82) is 0 Å². The second-order valence-electron chi connectivity index (χ2n) is 5.47. The average molecular weight is 316 g/mol. The Morgan fingerprint density at radius 2 is 2.05 bits per heavy atom. The van der Waals surface area contributed by atoms with E-state index in [1.54, 1.807) is 7.11 Å². The molecule has 1 N–H and O–H groups in total.